The second kappa shape index (κ2) is 9.41. The summed E-state index contributed by atoms with van der Waals surface area (Å²) in [5.41, 5.74) is 1.28. The highest BCUT2D eigenvalue weighted by Gasteiger charge is 2.02. The molecule has 0 saturated carbocycles. The number of hydrogen-bond acceptors (Lipinski definition) is 2. The summed E-state index contributed by atoms with van der Waals surface area (Å²) in [4.78, 5) is 0. The van der Waals surface area contributed by atoms with Crippen molar-refractivity contribution in [3.63, 3.8) is 0 Å². The predicted octanol–water partition coefficient (Wildman–Crippen LogP) is 6.46. The van der Waals surface area contributed by atoms with E-state index in [2.05, 4.69) is 25.6 Å². The van der Waals surface area contributed by atoms with Crippen LogP contribution in [-0.4, -0.2) is 0 Å². The molecule has 0 bridgehead atoms. The fraction of sp³-hybridized carbons (Fsp3) is 0.182. The van der Waals surface area contributed by atoms with E-state index < -0.39 is 0 Å². The number of benzene rings is 2. The highest BCUT2D eigenvalue weighted by Crippen LogP contribution is 2.27. The van der Waals surface area contributed by atoms with Crippen molar-refractivity contribution in [2.45, 2.75) is 26.7 Å². The maximum absolute atomic E-state index is 5.95. The lowest BCUT2D eigenvalue weighted by Gasteiger charge is -2.10. The van der Waals surface area contributed by atoms with Gasteiger partial charge in [-0.25, -0.2) is 0 Å². The SMILES string of the molecule is C=C(/C=C\C=C/C)Oc1cccc(Oc2cccc(CCC)c2)c1. The Morgan fingerprint density at radius 3 is 2.46 bits per heavy atom. The fourth-order valence-corrected chi connectivity index (χ4v) is 2.25. The van der Waals surface area contributed by atoms with Gasteiger partial charge in [0.05, 0.1) is 0 Å². The van der Waals surface area contributed by atoms with Gasteiger partial charge in [0.15, 0.2) is 0 Å². The van der Waals surface area contributed by atoms with Gasteiger partial charge in [0.2, 0.25) is 0 Å². The third-order valence-corrected chi connectivity index (χ3v) is 3.31. The lowest BCUT2D eigenvalue weighted by molar-refractivity contribution is 0.437. The highest BCUT2D eigenvalue weighted by atomic mass is 16.5. The summed E-state index contributed by atoms with van der Waals surface area (Å²) in [5, 5.41) is 0. The van der Waals surface area contributed by atoms with Gasteiger partial charge in [-0.05, 0) is 49.2 Å². The average molecular weight is 320 g/mol. The molecule has 0 heterocycles. The van der Waals surface area contributed by atoms with Crippen molar-refractivity contribution in [1.29, 1.82) is 0 Å². The van der Waals surface area contributed by atoms with Crippen LogP contribution >= 0.6 is 0 Å². The Labute approximate surface area is 144 Å². The first-order valence-corrected chi connectivity index (χ1v) is 8.24. The fourth-order valence-electron chi connectivity index (χ4n) is 2.25. The third kappa shape index (κ3) is 5.81. The minimum atomic E-state index is 0.579. The summed E-state index contributed by atoms with van der Waals surface area (Å²) < 4.78 is 11.7. The van der Waals surface area contributed by atoms with E-state index in [-0.39, 0.29) is 0 Å². The van der Waals surface area contributed by atoms with Gasteiger partial charge in [-0.2, -0.15) is 0 Å². The molecule has 0 aliphatic rings. The molecule has 2 nitrogen and oxygen atoms in total. The monoisotopic (exact) mass is 320 g/mol. The normalized spacial score (nSPS) is 11.1. The zero-order valence-corrected chi connectivity index (χ0v) is 14.4. The van der Waals surface area contributed by atoms with Crippen LogP contribution in [0.25, 0.3) is 0 Å². The second-order valence-electron chi connectivity index (χ2n) is 5.43. The Hall–Kier alpha value is -2.74. The molecule has 0 saturated heterocycles. The summed E-state index contributed by atoms with van der Waals surface area (Å²) in [5.74, 6) is 2.86. The van der Waals surface area contributed by atoms with Crippen LogP contribution in [0.15, 0.2) is 85.2 Å². The van der Waals surface area contributed by atoms with E-state index in [4.69, 9.17) is 9.47 Å². The van der Waals surface area contributed by atoms with Crippen LogP contribution in [0.1, 0.15) is 25.8 Å². The first kappa shape index (κ1) is 17.6. The largest absolute Gasteiger partial charge is 0.458 e. The zero-order valence-electron chi connectivity index (χ0n) is 14.4. The first-order valence-electron chi connectivity index (χ1n) is 8.24. The van der Waals surface area contributed by atoms with Crippen molar-refractivity contribution in [1.82, 2.24) is 0 Å². The standard InChI is InChI=1S/C22H24O2/c1-4-6-7-11-18(3)23-21-14-9-15-22(17-21)24-20-13-8-12-19(16-20)10-5-2/h4,6-9,11-17H,3,5,10H2,1-2H3/b6-4-,11-7-. The number of hydrogen-bond donors (Lipinski definition) is 0. The topological polar surface area (TPSA) is 18.5 Å². The maximum Gasteiger partial charge on any atom is 0.131 e. The molecule has 2 aromatic rings. The number of ether oxygens (including phenoxy) is 2. The first-order chi connectivity index (χ1) is 11.7. The van der Waals surface area contributed by atoms with E-state index in [1.165, 1.54) is 5.56 Å². The van der Waals surface area contributed by atoms with Crippen molar-refractivity contribution in [3.8, 4) is 17.2 Å². The van der Waals surface area contributed by atoms with Gasteiger partial charge < -0.3 is 9.47 Å². The molecule has 0 N–H and O–H groups in total. The third-order valence-electron chi connectivity index (χ3n) is 3.31. The highest BCUT2D eigenvalue weighted by molar-refractivity contribution is 5.39. The molecule has 0 aliphatic heterocycles. The van der Waals surface area contributed by atoms with Crippen molar-refractivity contribution in [2.24, 2.45) is 0 Å². The maximum atomic E-state index is 5.95. The molecule has 24 heavy (non-hydrogen) atoms. The van der Waals surface area contributed by atoms with E-state index in [0.29, 0.717) is 11.5 Å². The summed E-state index contributed by atoms with van der Waals surface area (Å²) >= 11 is 0. The van der Waals surface area contributed by atoms with Crippen molar-refractivity contribution >= 4 is 0 Å². The van der Waals surface area contributed by atoms with Crippen LogP contribution in [-0.2, 0) is 6.42 Å². The van der Waals surface area contributed by atoms with Gasteiger partial charge in [0.1, 0.15) is 23.0 Å². The molecule has 124 valence electrons. The Morgan fingerprint density at radius 2 is 1.71 bits per heavy atom. The van der Waals surface area contributed by atoms with Crippen LogP contribution in [0.4, 0.5) is 0 Å². The molecule has 2 aromatic carbocycles. The van der Waals surface area contributed by atoms with Gasteiger partial charge in [-0.1, -0.05) is 56.4 Å². The lowest BCUT2D eigenvalue weighted by Crippen LogP contribution is -1.91. The number of aryl methyl sites for hydroxylation is 1. The van der Waals surface area contributed by atoms with Crippen molar-refractivity contribution in [2.75, 3.05) is 0 Å². The minimum absolute atomic E-state index is 0.579. The summed E-state index contributed by atoms with van der Waals surface area (Å²) in [6, 6.07) is 15.8. The molecule has 0 amide bonds. The zero-order chi connectivity index (χ0) is 17.2. The van der Waals surface area contributed by atoms with Gasteiger partial charge in [-0.15, -0.1) is 0 Å². The molecule has 2 rings (SSSR count). The van der Waals surface area contributed by atoms with Gasteiger partial charge >= 0.3 is 0 Å². The molecule has 2 heteroatoms. The van der Waals surface area contributed by atoms with E-state index in [1.807, 2.05) is 67.6 Å². The van der Waals surface area contributed by atoms with E-state index in [0.717, 1.165) is 24.3 Å². The molecule has 0 aliphatic carbocycles. The van der Waals surface area contributed by atoms with Crippen LogP contribution in [0.3, 0.4) is 0 Å². The summed E-state index contributed by atoms with van der Waals surface area (Å²) in [6.45, 7) is 8.02. The Balaban J connectivity index is 2.04. The molecule has 0 fully saturated rings. The summed E-state index contributed by atoms with van der Waals surface area (Å²) in [7, 11) is 0. The second-order valence-corrected chi connectivity index (χ2v) is 5.43. The molecule has 0 unspecified atom stereocenters. The molecule has 0 aromatic heterocycles. The van der Waals surface area contributed by atoms with E-state index in [1.54, 1.807) is 0 Å². The average Bonchev–Trinajstić information content (AvgIpc) is 2.56. The molecule has 0 atom stereocenters. The Kier molecular flexibility index (Phi) is 6.91. The van der Waals surface area contributed by atoms with E-state index >= 15 is 0 Å². The summed E-state index contributed by atoms with van der Waals surface area (Å²) in [6.07, 6.45) is 9.76. The number of allylic oxidation sites excluding steroid dienone is 4. The minimum Gasteiger partial charge on any atom is -0.458 e. The Bertz CT molecular complexity index is 726. The molecular weight excluding hydrogens is 296 g/mol. The van der Waals surface area contributed by atoms with Gasteiger partial charge in [0.25, 0.3) is 0 Å². The molecular formula is C22H24O2. The lowest BCUT2D eigenvalue weighted by atomic mass is 10.1. The van der Waals surface area contributed by atoms with Crippen LogP contribution in [0.5, 0.6) is 17.2 Å². The van der Waals surface area contributed by atoms with Crippen molar-refractivity contribution in [3.05, 3.63) is 90.7 Å². The predicted molar refractivity (Wildman–Crippen MR) is 101 cm³/mol. The van der Waals surface area contributed by atoms with Gasteiger partial charge in [-0.3, -0.25) is 0 Å². The molecule has 0 spiro atoms. The molecule has 0 radical (unpaired) electrons. The Morgan fingerprint density at radius 1 is 1.00 bits per heavy atom. The van der Waals surface area contributed by atoms with E-state index in [9.17, 15) is 0 Å². The van der Waals surface area contributed by atoms with Crippen LogP contribution in [0.2, 0.25) is 0 Å². The van der Waals surface area contributed by atoms with Crippen LogP contribution < -0.4 is 9.47 Å². The number of rotatable bonds is 8. The smallest absolute Gasteiger partial charge is 0.131 e. The van der Waals surface area contributed by atoms with Crippen LogP contribution in [0, 0.1) is 0 Å². The van der Waals surface area contributed by atoms with Gasteiger partial charge in [0, 0.05) is 6.07 Å². The quantitative estimate of drug-likeness (QED) is 0.410. The van der Waals surface area contributed by atoms with Crippen molar-refractivity contribution < 1.29 is 9.47 Å².